The molecule has 5 rings (SSSR count). The number of hydrogen-bond acceptors (Lipinski definition) is 6. The van der Waals surface area contributed by atoms with E-state index in [0.29, 0.717) is 5.56 Å². The molecule has 0 radical (unpaired) electrons. The van der Waals surface area contributed by atoms with Gasteiger partial charge in [0.15, 0.2) is 0 Å². The van der Waals surface area contributed by atoms with Gasteiger partial charge >= 0.3 is 0 Å². The van der Waals surface area contributed by atoms with E-state index in [2.05, 4.69) is 39.6 Å². The molecule has 0 saturated carbocycles. The van der Waals surface area contributed by atoms with E-state index in [-0.39, 0.29) is 18.1 Å². The van der Waals surface area contributed by atoms with Gasteiger partial charge in [0.1, 0.15) is 0 Å². The van der Waals surface area contributed by atoms with Gasteiger partial charge in [0.2, 0.25) is 0 Å². The Morgan fingerprint density at radius 1 is 1.06 bits per heavy atom. The van der Waals surface area contributed by atoms with Crippen LogP contribution in [-0.4, -0.2) is 50.3 Å². The fraction of sp³-hybridized carbons (Fsp3) is 0.280. The number of hydrogen-bond donors (Lipinski definition) is 1. The van der Waals surface area contributed by atoms with Crippen LogP contribution in [0.5, 0.6) is 0 Å². The quantitative estimate of drug-likeness (QED) is 0.476. The van der Waals surface area contributed by atoms with Crippen LogP contribution in [0.3, 0.4) is 0 Å². The largest absolute Gasteiger partial charge is 0.298 e. The SMILES string of the molecule is CN1CCC(ONC(=O)c2ccccc2)CC1c1cc2cc(-c3cnn(C)c3)ncc2cn1. The molecule has 8 heteroatoms. The van der Waals surface area contributed by atoms with Crippen molar-refractivity contribution in [3.63, 3.8) is 0 Å². The van der Waals surface area contributed by atoms with Crippen molar-refractivity contribution in [3.05, 3.63) is 78.5 Å². The molecule has 8 nitrogen and oxygen atoms in total. The molecule has 2 unspecified atom stereocenters. The molecule has 1 aromatic carbocycles. The van der Waals surface area contributed by atoms with Crippen molar-refractivity contribution in [2.75, 3.05) is 13.6 Å². The van der Waals surface area contributed by atoms with Crippen LogP contribution in [0.4, 0.5) is 0 Å². The van der Waals surface area contributed by atoms with Crippen molar-refractivity contribution in [1.29, 1.82) is 0 Å². The minimum Gasteiger partial charge on any atom is -0.298 e. The highest BCUT2D eigenvalue weighted by atomic mass is 16.7. The van der Waals surface area contributed by atoms with Crippen molar-refractivity contribution < 1.29 is 9.63 Å². The standard InChI is InChI=1S/C25H26N6O2/c1-30-9-8-21(33-29-25(32)17-6-4-3-5-7-17)12-24(30)23-11-18-10-22(20-15-28-31(2)16-20)26-13-19(18)14-27-23/h3-7,10-11,13-16,21,24H,8-9,12H2,1-2H3,(H,29,32). The average Bonchev–Trinajstić information content (AvgIpc) is 3.29. The van der Waals surface area contributed by atoms with Gasteiger partial charge in [-0.2, -0.15) is 5.10 Å². The molecular weight excluding hydrogens is 416 g/mol. The highest BCUT2D eigenvalue weighted by molar-refractivity contribution is 5.93. The van der Waals surface area contributed by atoms with Gasteiger partial charge < -0.3 is 0 Å². The lowest BCUT2D eigenvalue weighted by atomic mass is 9.96. The van der Waals surface area contributed by atoms with Crippen LogP contribution in [0.2, 0.25) is 0 Å². The number of fused-ring (bicyclic) bond motifs is 1. The van der Waals surface area contributed by atoms with Crippen LogP contribution in [0.1, 0.15) is 34.9 Å². The highest BCUT2D eigenvalue weighted by Gasteiger charge is 2.29. The number of hydroxylamine groups is 1. The third-order valence-electron chi connectivity index (χ3n) is 6.14. The van der Waals surface area contributed by atoms with E-state index in [1.165, 1.54) is 0 Å². The van der Waals surface area contributed by atoms with Gasteiger partial charge in [-0.05, 0) is 49.5 Å². The molecule has 4 heterocycles. The maximum absolute atomic E-state index is 12.3. The number of rotatable bonds is 5. The van der Waals surface area contributed by atoms with Crippen LogP contribution in [-0.2, 0) is 11.9 Å². The van der Waals surface area contributed by atoms with Crippen LogP contribution in [0, 0.1) is 0 Å². The lowest BCUT2D eigenvalue weighted by Gasteiger charge is -2.36. The minimum absolute atomic E-state index is 0.0836. The Morgan fingerprint density at radius 2 is 1.88 bits per heavy atom. The number of benzene rings is 1. The predicted molar refractivity (Wildman–Crippen MR) is 125 cm³/mol. The van der Waals surface area contributed by atoms with Gasteiger partial charge in [-0.25, -0.2) is 5.48 Å². The Hall–Kier alpha value is -3.62. The molecule has 1 fully saturated rings. The first-order valence-corrected chi connectivity index (χ1v) is 11.0. The summed E-state index contributed by atoms with van der Waals surface area (Å²) in [5.74, 6) is -0.231. The molecule has 1 N–H and O–H groups in total. The van der Waals surface area contributed by atoms with E-state index in [0.717, 1.165) is 47.1 Å². The van der Waals surface area contributed by atoms with E-state index in [1.54, 1.807) is 16.8 Å². The number of piperidine rings is 1. The summed E-state index contributed by atoms with van der Waals surface area (Å²) < 4.78 is 1.77. The number of amides is 1. The molecule has 1 aliphatic rings. The number of carbonyl (C=O) groups is 1. The molecule has 33 heavy (non-hydrogen) atoms. The van der Waals surface area contributed by atoms with Crippen LogP contribution < -0.4 is 5.48 Å². The molecule has 4 aromatic rings. The smallest absolute Gasteiger partial charge is 0.274 e. The van der Waals surface area contributed by atoms with Crippen molar-refractivity contribution in [3.8, 4) is 11.3 Å². The Kier molecular flexibility index (Phi) is 5.85. The number of nitrogens with one attached hydrogen (secondary N) is 1. The van der Waals surface area contributed by atoms with Gasteiger partial charge in [0, 0.05) is 48.7 Å². The summed E-state index contributed by atoms with van der Waals surface area (Å²) in [6.07, 6.45) is 8.99. The number of carbonyl (C=O) groups excluding carboxylic acids is 1. The summed E-state index contributed by atoms with van der Waals surface area (Å²) in [4.78, 5) is 29.7. The summed E-state index contributed by atoms with van der Waals surface area (Å²) in [5, 5.41) is 6.32. The van der Waals surface area contributed by atoms with Gasteiger partial charge in [0.05, 0.1) is 29.7 Å². The number of pyridine rings is 2. The highest BCUT2D eigenvalue weighted by Crippen LogP contribution is 2.32. The van der Waals surface area contributed by atoms with Gasteiger partial charge in [-0.1, -0.05) is 18.2 Å². The molecule has 1 saturated heterocycles. The predicted octanol–water partition coefficient (Wildman–Crippen LogP) is 3.53. The molecule has 1 aliphatic heterocycles. The van der Waals surface area contributed by atoms with Crippen molar-refractivity contribution >= 4 is 16.7 Å². The Balaban J connectivity index is 1.32. The first-order chi connectivity index (χ1) is 16.1. The Morgan fingerprint density at radius 3 is 2.67 bits per heavy atom. The number of aromatic nitrogens is 4. The van der Waals surface area contributed by atoms with E-state index >= 15 is 0 Å². The zero-order valence-electron chi connectivity index (χ0n) is 18.7. The van der Waals surface area contributed by atoms with Gasteiger partial charge in [-0.15, -0.1) is 0 Å². The Bertz CT molecular complexity index is 1270. The zero-order valence-corrected chi connectivity index (χ0v) is 18.7. The van der Waals surface area contributed by atoms with Crippen LogP contribution in [0.25, 0.3) is 22.0 Å². The van der Waals surface area contributed by atoms with E-state index in [9.17, 15) is 4.79 Å². The fourth-order valence-electron chi connectivity index (χ4n) is 4.24. The van der Waals surface area contributed by atoms with E-state index in [1.807, 2.05) is 50.0 Å². The number of likely N-dealkylation sites (tertiary alicyclic amines) is 1. The lowest BCUT2D eigenvalue weighted by molar-refractivity contribution is -0.0542. The normalized spacial score (nSPS) is 19.0. The lowest BCUT2D eigenvalue weighted by Crippen LogP contribution is -2.40. The third-order valence-corrected chi connectivity index (χ3v) is 6.14. The fourth-order valence-corrected chi connectivity index (χ4v) is 4.24. The second kappa shape index (κ2) is 9.09. The minimum atomic E-state index is -0.231. The topological polar surface area (TPSA) is 85.2 Å². The molecule has 0 aliphatic carbocycles. The Labute approximate surface area is 192 Å². The molecule has 3 aromatic heterocycles. The molecular formula is C25H26N6O2. The zero-order chi connectivity index (χ0) is 22.8. The summed E-state index contributed by atoms with van der Waals surface area (Å²) in [5.41, 5.74) is 6.05. The van der Waals surface area contributed by atoms with Crippen LogP contribution in [0.15, 0.2) is 67.3 Å². The second-order valence-corrected chi connectivity index (χ2v) is 8.49. The average molecular weight is 443 g/mol. The van der Waals surface area contributed by atoms with Gasteiger partial charge in [-0.3, -0.25) is 29.2 Å². The maximum Gasteiger partial charge on any atom is 0.274 e. The summed E-state index contributed by atoms with van der Waals surface area (Å²) in [6, 6.07) is 13.4. The molecule has 0 spiro atoms. The molecule has 168 valence electrons. The first kappa shape index (κ1) is 21.2. The second-order valence-electron chi connectivity index (χ2n) is 8.49. The molecule has 2 atom stereocenters. The molecule has 1 amide bonds. The van der Waals surface area contributed by atoms with E-state index in [4.69, 9.17) is 9.82 Å². The molecule has 0 bridgehead atoms. The van der Waals surface area contributed by atoms with Crippen molar-refractivity contribution in [1.82, 2.24) is 30.1 Å². The van der Waals surface area contributed by atoms with Crippen molar-refractivity contribution in [2.45, 2.75) is 25.0 Å². The summed E-state index contributed by atoms with van der Waals surface area (Å²) in [7, 11) is 4.00. The number of nitrogens with zero attached hydrogens (tertiary/aromatic N) is 5. The van der Waals surface area contributed by atoms with Crippen molar-refractivity contribution in [2.24, 2.45) is 7.05 Å². The third kappa shape index (κ3) is 4.62. The van der Waals surface area contributed by atoms with Crippen LogP contribution >= 0.6 is 0 Å². The number of aryl methyl sites for hydroxylation is 1. The first-order valence-electron chi connectivity index (χ1n) is 11.0. The van der Waals surface area contributed by atoms with E-state index < -0.39 is 0 Å². The maximum atomic E-state index is 12.3. The monoisotopic (exact) mass is 442 g/mol. The summed E-state index contributed by atoms with van der Waals surface area (Å²) in [6.45, 7) is 0.855. The van der Waals surface area contributed by atoms with Gasteiger partial charge in [0.25, 0.3) is 5.91 Å². The summed E-state index contributed by atoms with van der Waals surface area (Å²) >= 11 is 0.